The van der Waals surface area contributed by atoms with Gasteiger partial charge in [-0.3, -0.25) is 20.3 Å². The maximum Gasteiger partial charge on any atom is 0.279 e. The molecule has 0 bridgehead atoms. The third kappa shape index (κ3) is 4.88. The van der Waals surface area contributed by atoms with Crippen molar-refractivity contribution in [3.63, 3.8) is 0 Å². The summed E-state index contributed by atoms with van der Waals surface area (Å²) in [6.45, 7) is 10.7. The monoisotopic (exact) mass is 415 g/mol. The third-order valence-corrected chi connectivity index (χ3v) is 5.41. The Morgan fingerprint density at radius 1 is 1.18 bits per heavy atom. The van der Waals surface area contributed by atoms with Gasteiger partial charge in [-0.25, -0.2) is 0 Å². The van der Waals surface area contributed by atoms with Crippen molar-refractivity contribution < 1.29 is 4.79 Å². The smallest absolute Gasteiger partial charge is 0.279 e. The van der Waals surface area contributed by atoms with Crippen molar-refractivity contribution >= 4 is 44.8 Å². The van der Waals surface area contributed by atoms with Crippen LogP contribution in [0.15, 0.2) is 30.3 Å². The van der Waals surface area contributed by atoms with Crippen molar-refractivity contribution in [3.8, 4) is 0 Å². The van der Waals surface area contributed by atoms with E-state index < -0.39 is 0 Å². The average Bonchev–Trinajstić information content (AvgIpc) is 3.15. The van der Waals surface area contributed by atoms with Crippen molar-refractivity contribution in [1.82, 2.24) is 25.9 Å². The molecule has 148 valence electrons. The molecule has 0 aliphatic carbocycles. The van der Waals surface area contributed by atoms with Gasteiger partial charge in [0, 0.05) is 10.9 Å². The standard InChI is InChI=1S/C20H25N5OS2/c1-12-6-8-14(9-7-12)11-25-18-15(13(2)24-25)10-16(28-18)17(26)22-23-19(27)21-20(3,4)5/h6-10H,11H2,1-5H3,(H,22,26)(H2,21,23,27). The Balaban J connectivity index is 1.74. The fourth-order valence-corrected chi connectivity index (χ4v) is 4.16. The molecule has 0 fully saturated rings. The number of fused-ring (bicyclic) bond motifs is 1. The first-order chi connectivity index (χ1) is 13.1. The average molecular weight is 416 g/mol. The summed E-state index contributed by atoms with van der Waals surface area (Å²) in [6, 6.07) is 10.3. The first-order valence-corrected chi connectivity index (χ1v) is 10.3. The number of thiophene rings is 1. The van der Waals surface area contributed by atoms with Gasteiger partial charge in [-0.15, -0.1) is 11.3 Å². The molecule has 8 heteroatoms. The highest BCUT2D eigenvalue weighted by Crippen LogP contribution is 2.28. The summed E-state index contributed by atoms with van der Waals surface area (Å²) >= 11 is 6.62. The molecule has 6 nitrogen and oxygen atoms in total. The minimum atomic E-state index is -0.222. The van der Waals surface area contributed by atoms with E-state index in [1.807, 2.05) is 38.4 Å². The van der Waals surface area contributed by atoms with E-state index in [4.69, 9.17) is 12.2 Å². The van der Waals surface area contributed by atoms with Crippen LogP contribution < -0.4 is 16.2 Å². The zero-order chi connectivity index (χ0) is 20.5. The third-order valence-electron chi connectivity index (χ3n) is 4.06. The molecule has 0 aliphatic rings. The van der Waals surface area contributed by atoms with Crippen LogP contribution in [0.4, 0.5) is 0 Å². The number of carbonyl (C=O) groups is 1. The molecule has 3 aromatic rings. The molecule has 0 saturated carbocycles. The van der Waals surface area contributed by atoms with Crippen molar-refractivity contribution in [2.75, 3.05) is 0 Å². The number of thiocarbonyl (C=S) groups is 1. The molecule has 3 rings (SSSR count). The molecule has 0 saturated heterocycles. The van der Waals surface area contributed by atoms with Crippen molar-refractivity contribution in [3.05, 3.63) is 52.0 Å². The van der Waals surface area contributed by atoms with Gasteiger partial charge in [0.2, 0.25) is 0 Å². The molecule has 0 unspecified atom stereocenters. The predicted octanol–water partition coefficient (Wildman–Crippen LogP) is 3.67. The number of benzene rings is 1. The Hall–Kier alpha value is -2.45. The second-order valence-electron chi connectivity index (χ2n) is 7.84. The maximum atomic E-state index is 12.5. The normalized spacial score (nSPS) is 11.5. The lowest BCUT2D eigenvalue weighted by atomic mass is 10.1. The molecular weight excluding hydrogens is 390 g/mol. The Kier molecular flexibility index (Phi) is 5.71. The molecule has 0 aliphatic heterocycles. The minimum Gasteiger partial charge on any atom is -0.357 e. The molecule has 0 atom stereocenters. The number of nitrogens with one attached hydrogen (secondary N) is 3. The molecule has 28 heavy (non-hydrogen) atoms. The number of rotatable bonds is 3. The van der Waals surface area contributed by atoms with E-state index >= 15 is 0 Å². The second-order valence-corrected chi connectivity index (χ2v) is 9.28. The Morgan fingerprint density at radius 3 is 2.50 bits per heavy atom. The van der Waals surface area contributed by atoms with Crippen LogP contribution in [0, 0.1) is 13.8 Å². The molecule has 1 aromatic carbocycles. The molecule has 3 N–H and O–H groups in total. The fraction of sp³-hybridized carbons (Fsp3) is 0.350. The van der Waals surface area contributed by atoms with Gasteiger partial charge in [-0.05, 0) is 58.5 Å². The molecular formula is C20H25N5OS2. The van der Waals surface area contributed by atoms with E-state index in [0.717, 1.165) is 15.9 Å². The van der Waals surface area contributed by atoms with E-state index in [0.29, 0.717) is 16.5 Å². The summed E-state index contributed by atoms with van der Waals surface area (Å²) in [5.41, 5.74) is 8.55. The number of aryl methyl sites for hydroxylation is 2. The number of nitrogens with zero attached hydrogens (tertiary/aromatic N) is 2. The number of hydrogen-bond acceptors (Lipinski definition) is 4. The largest absolute Gasteiger partial charge is 0.357 e. The number of aromatic nitrogens is 2. The van der Waals surface area contributed by atoms with Gasteiger partial charge in [0.15, 0.2) is 5.11 Å². The summed E-state index contributed by atoms with van der Waals surface area (Å²) < 4.78 is 1.95. The van der Waals surface area contributed by atoms with Gasteiger partial charge < -0.3 is 5.32 Å². The zero-order valence-corrected chi connectivity index (χ0v) is 18.3. The number of hydrogen-bond donors (Lipinski definition) is 3. The van der Waals surface area contributed by atoms with Gasteiger partial charge in [0.1, 0.15) is 4.83 Å². The number of hydrazine groups is 1. The molecule has 0 radical (unpaired) electrons. The molecule has 0 spiro atoms. The van der Waals surface area contributed by atoms with Gasteiger partial charge in [0.05, 0.1) is 17.1 Å². The first kappa shape index (κ1) is 20.3. The summed E-state index contributed by atoms with van der Waals surface area (Å²) in [4.78, 5) is 14.1. The Morgan fingerprint density at radius 2 is 1.86 bits per heavy atom. The van der Waals surface area contributed by atoms with E-state index in [1.54, 1.807) is 0 Å². The van der Waals surface area contributed by atoms with E-state index in [1.165, 1.54) is 22.5 Å². The molecule has 2 heterocycles. The van der Waals surface area contributed by atoms with Crippen LogP contribution in [0.1, 0.15) is 47.3 Å². The maximum absolute atomic E-state index is 12.5. The first-order valence-electron chi connectivity index (χ1n) is 9.03. The van der Waals surface area contributed by atoms with Crippen LogP contribution in [-0.2, 0) is 6.54 Å². The van der Waals surface area contributed by atoms with Crippen LogP contribution in [0.5, 0.6) is 0 Å². The van der Waals surface area contributed by atoms with E-state index in [9.17, 15) is 4.79 Å². The summed E-state index contributed by atoms with van der Waals surface area (Å²) in [6.07, 6.45) is 0. The lowest BCUT2D eigenvalue weighted by Crippen LogP contribution is -2.52. The van der Waals surface area contributed by atoms with Crippen molar-refractivity contribution in [2.45, 2.75) is 46.7 Å². The summed E-state index contributed by atoms with van der Waals surface area (Å²) in [7, 11) is 0. The van der Waals surface area contributed by atoms with E-state index in [2.05, 4.69) is 52.5 Å². The quantitative estimate of drug-likeness (QED) is 0.450. The van der Waals surface area contributed by atoms with Crippen molar-refractivity contribution in [2.24, 2.45) is 0 Å². The van der Waals surface area contributed by atoms with Crippen LogP contribution in [0.2, 0.25) is 0 Å². The lowest BCUT2D eigenvalue weighted by Gasteiger charge is -2.22. The molecule has 1 amide bonds. The summed E-state index contributed by atoms with van der Waals surface area (Å²) in [5, 5.41) is 9.10. The Bertz CT molecular complexity index is 1010. The highest BCUT2D eigenvalue weighted by Gasteiger charge is 2.17. The summed E-state index contributed by atoms with van der Waals surface area (Å²) in [5.74, 6) is -0.222. The highest BCUT2D eigenvalue weighted by atomic mass is 32.1. The Labute approximate surface area is 174 Å². The minimum absolute atomic E-state index is 0.178. The lowest BCUT2D eigenvalue weighted by molar-refractivity contribution is 0.0947. The van der Waals surface area contributed by atoms with Crippen LogP contribution in [0.3, 0.4) is 0 Å². The van der Waals surface area contributed by atoms with E-state index in [-0.39, 0.29) is 11.4 Å². The molecule has 2 aromatic heterocycles. The zero-order valence-electron chi connectivity index (χ0n) is 16.7. The SMILES string of the molecule is Cc1ccc(Cn2nc(C)c3cc(C(=O)NNC(=S)NC(C)(C)C)sc32)cc1. The highest BCUT2D eigenvalue weighted by molar-refractivity contribution is 7.80. The number of carbonyl (C=O) groups excluding carboxylic acids is 1. The topological polar surface area (TPSA) is 71.0 Å². The van der Waals surface area contributed by atoms with Gasteiger partial charge in [-0.1, -0.05) is 29.8 Å². The second kappa shape index (κ2) is 7.89. The van der Waals surface area contributed by atoms with Gasteiger partial charge >= 0.3 is 0 Å². The number of amides is 1. The van der Waals surface area contributed by atoms with Gasteiger partial charge in [-0.2, -0.15) is 5.10 Å². The van der Waals surface area contributed by atoms with Crippen LogP contribution in [-0.4, -0.2) is 26.3 Å². The van der Waals surface area contributed by atoms with Crippen molar-refractivity contribution in [1.29, 1.82) is 0 Å². The van der Waals surface area contributed by atoms with Crippen LogP contribution in [0.25, 0.3) is 10.2 Å². The van der Waals surface area contributed by atoms with Gasteiger partial charge in [0.25, 0.3) is 5.91 Å². The van der Waals surface area contributed by atoms with Crippen LogP contribution >= 0.6 is 23.6 Å². The fourth-order valence-electron chi connectivity index (χ4n) is 2.75. The predicted molar refractivity (Wildman–Crippen MR) is 119 cm³/mol.